The molecule has 0 radical (unpaired) electrons. The fourth-order valence-electron chi connectivity index (χ4n) is 7.65. The van der Waals surface area contributed by atoms with Gasteiger partial charge in [-0.05, 0) is 76.4 Å². The summed E-state index contributed by atoms with van der Waals surface area (Å²) in [6.07, 6.45) is 20.9. The minimum absolute atomic E-state index is 0.141. The molecule has 7 N–H and O–H groups in total. The SMILES string of the molecule is CCCCCC/C=C/C=C/CCCCCCCC(=O)OC[C@H](CO[C@@H]1O[C@H](CO[C@@H]2O[C@H](CO)[C@H](O)C(O)C2O)[C@H](O)C(O)C1O)OC(=O)CCCCCCCC=C=CCCCCCCC. The Balaban J connectivity index is 1.84. The molecule has 11 atom stereocenters. The summed E-state index contributed by atoms with van der Waals surface area (Å²) in [6.45, 7) is 2.51. The molecule has 2 aliphatic heterocycles. The predicted molar refractivity (Wildman–Crippen MR) is 251 cm³/mol. The number of ether oxygens (including phenoxy) is 6. The van der Waals surface area contributed by atoms with Crippen molar-refractivity contribution in [1.82, 2.24) is 0 Å². The molecule has 4 unspecified atom stereocenters. The minimum Gasteiger partial charge on any atom is -0.462 e. The second-order valence-electron chi connectivity index (χ2n) is 17.8. The van der Waals surface area contributed by atoms with Crippen LogP contribution in [0.3, 0.4) is 0 Å². The zero-order valence-corrected chi connectivity index (χ0v) is 40.2. The third kappa shape index (κ3) is 26.3. The zero-order chi connectivity index (χ0) is 48.2. The van der Waals surface area contributed by atoms with Crippen molar-refractivity contribution in [2.24, 2.45) is 0 Å². The number of hydrogen-bond donors (Lipinski definition) is 7. The Morgan fingerprint density at radius 2 is 0.985 bits per heavy atom. The number of hydrogen-bond acceptors (Lipinski definition) is 15. The van der Waals surface area contributed by atoms with Crippen LogP contribution in [0.4, 0.5) is 0 Å². The first-order valence-electron chi connectivity index (χ1n) is 25.3. The van der Waals surface area contributed by atoms with Crippen LogP contribution in [0.2, 0.25) is 0 Å². The van der Waals surface area contributed by atoms with Gasteiger partial charge in [-0.3, -0.25) is 9.59 Å². The third-order valence-electron chi connectivity index (χ3n) is 11.9. The van der Waals surface area contributed by atoms with Gasteiger partial charge >= 0.3 is 11.9 Å². The highest BCUT2D eigenvalue weighted by Gasteiger charge is 2.47. The molecule has 66 heavy (non-hydrogen) atoms. The van der Waals surface area contributed by atoms with Crippen molar-refractivity contribution in [3.05, 3.63) is 42.2 Å². The Morgan fingerprint density at radius 3 is 1.55 bits per heavy atom. The van der Waals surface area contributed by atoms with Crippen LogP contribution in [0.1, 0.15) is 174 Å². The molecule has 2 rings (SSSR count). The Bertz CT molecular complexity index is 1350. The molecule has 0 aliphatic carbocycles. The van der Waals surface area contributed by atoms with Gasteiger partial charge in [0.1, 0.15) is 55.4 Å². The molecule has 0 amide bonds. The van der Waals surface area contributed by atoms with Crippen molar-refractivity contribution < 1.29 is 73.8 Å². The second-order valence-corrected chi connectivity index (χ2v) is 17.8. The summed E-state index contributed by atoms with van der Waals surface area (Å²) in [7, 11) is 0. The van der Waals surface area contributed by atoms with Crippen LogP contribution in [0.15, 0.2) is 42.2 Å². The number of esters is 2. The summed E-state index contributed by atoms with van der Waals surface area (Å²) in [5, 5.41) is 72.0. The van der Waals surface area contributed by atoms with Crippen LogP contribution in [0.5, 0.6) is 0 Å². The maximum absolute atomic E-state index is 13.0. The van der Waals surface area contributed by atoms with E-state index in [0.717, 1.165) is 77.0 Å². The van der Waals surface area contributed by atoms with Crippen molar-refractivity contribution in [3.63, 3.8) is 0 Å². The topological polar surface area (TPSA) is 231 Å². The highest BCUT2D eigenvalue weighted by Crippen LogP contribution is 2.26. The smallest absolute Gasteiger partial charge is 0.306 e. The van der Waals surface area contributed by atoms with Gasteiger partial charge in [0.25, 0.3) is 0 Å². The van der Waals surface area contributed by atoms with Gasteiger partial charge in [-0.25, -0.2) is 0 Å². The molecule has 0 saturated carbocycles. The van der Waals surface area contributed by atoms with E-state index in [1.807, 2.05) is 0 Å². The molecule has 0 bridgehead atoms. The standard InChI is InChI=1S/C51H88O15/c1-3-5-7-9-11-13-15-17-19-21-23-25-27-29-31-33-42(53)61-36-39(64-43(54)34-32-30-28-26-24-22-20-18-16-14-12-10-8-6-4-2)37-62-50-49(60)47(58)45(56)41(66-50)38-63-51-48(59)46(57)44(55)40(35-52)65-51/h13,15-17,19-20,39-41,44-52,55-60H,3-12,14,21-38H2,1-2H3/b15-13+,19-17+/t18?,39-,40-,41-,44+,45+,46?,47?,48?,49?,50-,51-/m1/s1. The van der Waals surface area contributed by atoms with Gasteiger partial charge in [-0.1, -0.05) is 122 Å². The van der Waals surface area contributed by atoms with E-state index >= 15 is 0 Å². The van der Waals surface area contributed by atoms with Crippen LogP contribution in [-0.4, -0.2) is 142 Å². The molecule has 0 aromatic heterocycles. The average molecular weight is 941 g/mol. The number of aliphatic hydroxyl groups is 7. The summed E-state index contributed by atoms with van der Waals surface area (Å²) >= 11 is 0. The van der Waals surface area contributed by atoms with Gasteiger partial charge in [-0.2, -0.15) is 0 Å². The molecule has 2 saturated heterocycles. The summed E-state index contributed by atoms with van der Waals surface area (Å²) in [6, 6.07) is 0. The molecule has 15 heteroatoms. The average Bonchev–Trinajstić information content (AvgIpc) is 3.31. The van der Waals surface area contributed by atoms with Crippen molar-refractivity contribution >= 4 is 11.9 Å². The molecule has 2 fully saturated rings. The first-order valence-corrected chi connectivity index (χ1v) is 25.3. The Labute approximate surface area is 395 Å². The normalized spacial score (nSPS) is 26.1. The van der Waals surface area contributed by atoms with Gasteiger partial charge < -0.3 is 64.2 Å². The summed E-state index contributed by atoms with van der Waals surface area (Å²) in [4.78, 5) is 25.7. The predicted octanol–water partition coefficient (Wildman–Crippen LogP) is 6.70. The number of rotatable bonds is 38. The number of unbranched alkanes of at least 4 members (excludes halogenated alkanes) is 19. The van der Waals surface area contributed by atoms with Crippen molar-refractivity contribution in [2.75, 3.05) is 26.4 Å². The van der Waals surface area contributed by atoms with E-state index in [1.165, 1.54) is 57.8 Å². The maximum atomic E-state index is 13.0. The molecule has 15 nitrogen and oxygen atoms in total. The van der Waals surface area contributed by atoms with E-state index in [4.69, 9.17) is 28.4 Å². The van der Waals surface area contributed by atoms with Gasteiger partial charge in [0.05, 0.1) is 19.8 Å². The zero-order valence-electron chi connectivity index (χ0n) is 40.2. The van der Waals surface area contributed by atoms with Crippen LogP contribution < -0.4 is 0 Å². The van der Waals surface area contributed by atoms with Crippen LogP contribution in [0, 0.1) is 0 Å². The van der Waals surface area contributed by atoms with E-state index in [2.05, 4.69) is 56.0 Å². The molecule has 382 valence electrons. The van der Waals surface area contributed by atoms with E-state index in [1.54, 1.807) is 0 Å². The second kappa shape index (κ2) is 38.4. The fraction of sp³-hybridized carbons (Fsp3) is 0.824. The lowest BCUT2D eigenvalue weighted by Gasteiger charge is -2.42. The number of allylic oxidation sites excluding steroid dienone is 5. The third-order valence-corrected chi connectivity index (χ3v) is 11.9. The summed E-state index contributed by atoms with van der Waals surface area (Å²) in [5.74, 6) is -0.965. The van der Waals surface area contributed by atoms with Gasteiger partial charge in [0, 0.05) is 12.8 Å². The van der Waals surface area contributed by atoms with E-state index in [-0.39, 0.29) is 19.4 Å². The molecule has 2 heterocycles. The first-order chi connectivity index (χ1) is 32.0. The molecule has 0 spiro atoms. The number of carbonyl (C=O) groups excluding carboxylic acids is 2. The minimum atomic E-state index is -1.77. The van der Waals surface area contributed by atoms with Gasteiger partial charge in [0.15, 0.2) is 18.7 Å². The van der Waals surface area contributed by atoms with Crippen LogP contribution >= 0.6 is 0 Å². The molecule has 0 aromatic rings. The maximum Gasteiger partial charge on any atom is 0.306 e. The van der Waals surface area contributed by atoms with Gasteiger partial charge in [-0.15, -0.1) is 5.73 Å². The fourth-order valence-corrected chi connectivity index (χ4v) is 7.65. The van der Waals surface area contributed by atoms with Crippen LogP contribution in [0.25, 0.3) is 0 Å². The Kier molecular flexibility index (Phi) is 34.7. The monoisotopic (exact) mass is 941 g/mol. The van der Waals surface area contributed by atoms with Crippen molar-refractivity contribution in [2.45, 2.75) is 242 Å². The van der Waals surface area contributed by atoms with Gasteiger partial charge in [0.2, 0.25) is 0 Å². The first kappa shape index (κ1) is 59.6. The summed E-state index contributed by atoms with van der Waals surface area (Å²) in [5.41, 5.74) is 3.28. The summed E-state index contributed by atoms with van der Waals surface area (Å²) < 4.78 is 33.5. The molecule has 2 aliphatic rings. The van der Waals surface area contributed by atoms with Crippen molar-refractivity contribution in [3.8, 4) is 0 Å². The number of carbonyl (C=O) groups is 2. The molecular weight excluding hydrogens is 853 g/mol. The van der Waals surface area contributed by atoms with E-state index in [9.17, 15) is 45.3 Å². The van der Waals surface area contributed by atoms with Crippen molar-refractivity contribution in [1.29, 1.82) is 0 Å². The quantitative estimate of drug-likeness (QED) is 0.0148. The van der Waals surface area contributed by atoms with Crippen LogP contribution in [-0.2, 0) is 38.0 Å². The number of aliphatic hydroxyl groups excluding tert-OH is 7. The largest absolute Gasteiger partial charge is 0.462 e. The Hall–Kier alpha value is -2.50. The highest BCUT2D eigenvalue weighted by molar-refractivity contribution is 5.70. The molecular formula is C51H88O15. The molecule has 0 aromatic carbocycles. The lowest BCUT2D eigenvalue weighted by molar-refractivity contribution is -0.332. The highest BCUT2D eigenvalue weighted by atomic mass is 16.7. The van der Waals surface area contributed by atoms with E-state index < -0.39 is 99.3 Å². The lowest BCUT2D eigenvalue weighted by Crippen LogP contribution is -2.61. The Morgan fingerprint density at radius 1 is 0.530 bits per heavy atom. The van der Waals surface area contributed by atoms with E-state index in [0.29, 0.717) is 12.8 Å². The lowest BCUT2D eigenvalue weighted by atomic mass is 9.98.